The number of carbonyl (C=O) groups excluding carboxylic acids is 2. The van der Waals surface area contributed by atoms with Crippen molar-refractivity contribution >= 4 is 11.7 Å². The van der Waals surface area contributed by atoms with E-state index in [-0.39, 0.29) is 18.1 Å². The van der Waals surface area contributed by atoms with Crippen LogP contribution in [0.1, 0.15) is 51.2 Å². The average molecular weight is 355 g/mol. The fourth-order valence-electron chi connectivity index (χ4n) is 3.15. The molecule has 0 saturated heterocycles. The Morgan fingerprint density at radius 3 is 2.23 bits per heavy atom. The van der Waals surface area contributed by atoms with Gasteiger partial charge in [-0.15, -0.1) is 0 Å². The monoisotopic (exact) mass is 355 g/mol. The van der Waals surface area contributed by atoms with Crippen molar-refractivity contribution in [1.82, 2.24) is 5.32 Å². The fourth-order valence-corrected chi connectivity index (χ4v) is 3.15. The molecule has 4 heteroatoms. The lowest BCUT2D eigenvalue weighted by molar-refractivity contribution is -0.128. The summed E-state index contributed by atoms with van der Waals surface area (Å²) in [5.41, 5.74) is 2.52. The van der Waals surface area contributed by atoms with Crippen LogP contribution in [-0.2, 0) is 20.7 Å². The summed E-state index contributed by atoms with van der Waals surface area (Å²) >= 11 is 0. The Kier molecular flexibility index (Phi) is 6.92. The first kappa shape index (κ1) is 20.1. The molecule has 1 aliphatic rings. The Bertz CT molecular complexity index is 691. The summed E-state index contributed by atoms with van der Waals surface area (Å²) in [7, 11) is 0. The predicted octanol–water partition coefficient (Wildman–Crippen LogP) is 4.03. The van der Waals surface area contributed by atoms with Crippen molar-refractivity contribution in [2.45, 2.75) is 59.1 Å². The van der Waals surface area contributed by atoms with E-state index in [9.17, 15) is 9.59 Å². The lowest BCUT2D eigenvalue weighted by Crippen LogP contribution is -2.54. The summed E-state index contributed by atoms with van der Waals surface area (Å²) in [5, 5.41) is 3.04. The van der Waals surface area contributed by atoms with Crippen molar-refractivity contribution in [1.29, 1.82) is 0 Å². The fraction of sp³-hybridized carbons (Fsp3) is 0.455. The summed E-state index contributed by atoms with van der Waals surface area (Å²) in [6.45, 7) is 8.35. The lowest BCUT2D eigenvalue weighted by Gasteiger charge is -2.38. The van der Waals surface area contributed by atoms with Gasteiger partial charge in [0.25, 0.3) is 0 Å². The quantitative estimate of drug-likeness (QED) is 0.566. The smallest absolute Gasteiger partial charge is 0.227 e. The highest BCUT2D eigenvalue weighted by atomic mass is 16.5. The molecule has 1 amide bonds. The van der Waals surface area contributed by atoms with E-state index in [0.717, 1.165) is 41.5 Å². The molecular formula is C22H29NO3. The molecular weight excluding hydrogens is 326 g/mol. The maximum absolute atomic E-state index is 12.7. The molecule has 1 aromatic carbocycles. The van der Waals surface area contributed by atoms with Gasteiger partial charge in [-0.3, -0.25) is 9.59 Å². The van der Waals surface area contributed by atoms with Gasteiger partial charge < -0.3 is 10.1 Å². The topological polar surface area (TPSA) is 55.4 Å². The van der Waals surface area contributed by atoms with Gasteiger partial charge >= 0.3 is 0 Å². The number of carbonyl (C=O) groups is 2. The van der Waals surface area contributed by atoms with E-state index in [1.807, 2.05) is 45.0 Å². The molecule has 1 aromatic rings. The Hall–Kier alpha value is -2.20. The van der Waals surface area contributed by atoms with Gasteiger partial charge in [0, 0.05) is 0 Å². The van der Waals surface area contributed by atoms with E-state index in [0.29, 0.717) is 6.61 Å². The van der Waals surface area contributed by atoms with Gasteiger partial charge in [0.2, 0.25) is 5.91 Å². The molecule has 0 fully saturated rings. The Morgan fingerprint density at radius 1 is 1.04 bits per heavy atom. The number of hydrogen-bond donors (Lipinski definition) is 1. The number of amides is 1. The Labute approximate surface area is 156 Å². The van der Waals surface area contributed by atoms with E-state index in [1.54, 1.807) is 12.2 Å². The van der Waals surface area contributed by atoms with Crippen molar-refractivity contribution in [3.63, 3.8) is 0 Å². The van der Waals surface area contributed by atoms with Crippen LogP contribution in [0.25, 0.3) is 0 Å². The minimum absolute atomic E-state index is 0.0689. The number of allylic oxidation sites excluding steroid dienone is 2. The van der Waals surface area contributed by atoms with Crippen LogP contribution in [0.5, 0.6) is 0 Å². The van der Waals surface area contributed by atoms with Crippen molar-refractivity contribution < 1.29 is 14.3 Å². The van der Waals surface area contributed by atoms with Crippen LogP contribution in [0.4, 0.5) is 0 Å². The van der Waals surface area contributed by atoms with Crippen molar-refractivity contribution in [2.24, 2.45) is 0 Å². The van der Waals surface area contributed by atoms with Gasteiger partial charge in [-0.1, -0.05) is 49.6 Å². The third-order valence-electron chi connectivity index (χ3n) is 4.70. The van der Waals surface area contributed by atoms with Crippen LogP contribution in [-0.4, -0.2) is 24.0 Å². The summed E-state index contributed by atoms with van der Waals surface area (Å²) in [6, 6.07) is 7.91. The second-order valence-corrected chi connectivity index (χ2v) is 7.00. The first-order valence-corrected chi connectivity index (χ1v) is 9.29. The zero-order chi connectivity index (χ0) is 19.2. The number of ether oxygens (including phenoxy) is 1. The average Bonchev–Trinajstić information content (AvgIpc) is 2.58. The summed E-state index contributed by atoms with van der Waals surface area (Å²) in [6.07, 6.45) is 6.43. The predicted molar refractivity (Wildman–Crippen MR) is 104 cm³/mol. The molecule has 0 heterocycles. The number of nitrogens with one attached hydrogen (secondary N) is 1. The second kappa shape index (κ2) is 8.95. The second-order valence-electron chi connectivity index (χ2n) is 7.00. The largest absolute Gasteiger partial charge is 0.348 e. The molecule has 1 aliphatic carbocycles. The third kappa shape index (κ3) is 4.92. The van der Waals surface area contributed by atoms with Crippen LogP contribution in [0.2, 0.25) is 0 Å². The SMILES string of the molecule is CCCCCOC1(NC(=O)Cc2ccc(C)cc2)C(C)=CC(=O)C=C1C. The number of unbranched alkanes of at least 4 members (excludes halogenated alkanes) is 2. The lowest BCUT2D eigenvalue weighted by atomic mass is 9.89. The molecule has 2 rings (SSSR count). The molecule has 0 saturated carbocycles. The first-order chi connectivity index (χ1) is 12.4. The van der Waals surface area contributed by atoms with Gasteiger partial charge in [-0.05, 0) is 56.1 Å². The maximum atomic E-state index is 12.7. The van der Waals surface area contributed by atoms with Gasteiger partial charge in [0.05, 0.1) is 13.0 Å². The summed E-state index contributed by atoms with van der Waals surface area (Å²) in [4.78, 5) is 24.5. The highest BCUT2D eigenvalue weighted by molar-refractivity contribution is 6.02. The highest BCUT2D eigenvalue weighted by Crippen LogP contribution is 2.31. The molecule has 0 unspecified atom stereocenters. The molecule has 0 aliphatic heterocycles. The number of ketones is 1. The van der Waals surface area contributed by atoms with E-state index >= 15 is 0 Å². The molecule has 0 radical (unpaired) electrons. The molecule has 26 heavy (non-hydrogen) atoms. The van der Waals surface area contributed by atoms with E-state index < -0.39 is 5.72 Å². The maximum Gasteiger partial charge on any atom is 0.227 e. The van der Waals surface area contributed by atoms with Gasteiger partial charge in [-0.2, -0.15) is 0 Å². The van der Waals surface area contributed by atoms with E-state index in [4.69, 9.17) is 4.74 Å². The van der Waals surface area contributed by atoms with Crippen LogP contribution in [0.15, 0.2) is 47.6 Å². The molecule has 4 nitrogen and oxygen atoms in total. The molecule has 0 aromatic heterocycles. The van der Waals surface area contributed by atoms with Crippen LogP contribution < -0.4 is 5.32 Å². The summed E-state index contributed by atoms with van der Waals surface area (Å²) < 4.78 is 6.15. The number of hydrogen-bond acceptors (Lipinski definition) is 3. The zero-order valence-corrected chi connectivity index (χ0v) is 16.2. The number of rotatable bonds is 8. The van der Waals surface area contributed by atoms with Gasteiger partial charge in [0.1, 0.15) is 0 Å². The van der Waals surface area contributed by atoms with E-state index in [2.05, 4.69) is 12.2 Å². The molecule has 0 spiro atoms. The third-order valence-corrected chi connectivity index (χ3v) is 4.70. The standard InChI is InChI=1S/C22H29NO3/c1-5-6-7-12-26-22(17(3)13-20(24)14-18(22)4)23-21(25)15-19-10-8-16(2)9-11-19/h8-11,13-14H,5-7,12,15H2,1-4H3,(H,23,25). The van der Waals surface area contributed by atoms with Crippen LogP contribution >= 0.6 is 0 Å². The highest BCUT2D eigenvalue weighted by Gasteiger charge is 2.39. The van der Waals surface area contributed by atoms with Crippen molar-refractivity contribution in [2.75, 3.05) is 6.61 Å². The molecule has 0 bridgehead atoms. The molecule has 1 N–H and O–H groups in total. The summed E-state index contributed by atoms with van der Waals surface area (Å²) in [5.74, 6) is -0.195. The van der Waals surface area contributed by atoms with Crippen molar-refractivity contribution in [3.05, 3.63) is 58.7 Å². The number of benzene rings is 1. The van der Waals surface area contributed by atoms with Crippen LogP contribution in [0.3, 0.4) is 0 Å². The van der Waals surface area contributed by atoms with E-state index in [1.165, 1.54) is 0 Å². The van der Waals surface area contributed by atoms with Crippen LogP contribution in [0, 0.1) is 6.92 Å². The van der Waals surface area contributed by atoms with Gasteiger partial charge in [-0.25, -0.2) is 0 Å². The van der Waals surface area contributed by atoms with Gasteiger partial charge in [0.15, 0.2) is 11.5 Å². The zero-order valence-electron chi connectivity index (χ0n) is 16.2. The minimum Gasteiger partial charge on any atom is -0.348 e. The molecule has 0 atom stereocenters. The number of aryl methyl sites for hydroxylation is 1. The molecule has 140 valence electrons. The Morgan fingerprint density at radius 2 is 1.65 bits per heavy atom. The Balaban J connectivity index is 2.16. The normalized spacial score (nSPS) is 16.1. The first-order valence-electron chi connectivity index (χ1n) is 9.29. The van der Waals surface area contributed by atoms with Crippen molar-refractivity contribution in [3.8, 4) is 0 Å². The minimum atomic E-state index is -1.02.